The summed E-state index contributed by atoms with van der Waals surface area (Å²) in [7, 11) is 1.64. The van der Waals surface area contributed by atoms with Crippen molar-refractivity contribution in [2.75, 3.05) is 26.7 Å². The van der Waals surface area contributed by atoms with Gasteiger partial charge in [0, 0.05) is 32.4 Å². The van der Waals surface area contributed by atoms with E-state index in [0.29, 0.717) is 16.7 Å². The summed E-state index contributed by atoms with van der Waals surface area (Å²) < 4.78 is 0.555. The Morgan fingerprint density at radius 2 is 2.14 bits per heavy atom. The molecule has 2 rings (SSSR count). The number of pyridine rings is 1. The number of carbonyl (C=O) groups is 2. The van der Waals surface area contributed by atoms with Crippen LogP contribution in [0.5, 0.6) is 0 Å². The fraction of sp³-hybridized carbons (Fsp3) is 0.500. The Kier molecular flexibility index (Phi) is 5.69. The predicted octanol–water partition coefficient (Wildman–Crippen LogP) is 0.784. The highest BCUT2D eigenvalue weighted by Gasteiger charge is 2.22. The van der Waals surface area contributed by atoms with Crippen molar-refractivity contribution in [1.29, 1.82) is 0 Å². The first-order chi connectivity index (χ1) is 10.1. The first-order valence-corrected chi connectivity index (χ1v) is 7.73. The fourth-order valence-electron chi connectivity index (χ4n) is 2.34. The molecule has 21 heavy (non-hydrogen) atoms. The molecule has 0 aliphatic carbocycles. The highest BCUT2D eigenvalue weighted by atomic mass is 79.9. The number of halogens is 1. The van der Waals surface area contributed by atoms with Crippen LogP contribution >= 0.6 is 15.9 Å². The van der Waals surface area contributed by atoms with Crippen LogP contribution in [0.1, 0.15) is 23.2 Å². The van der Waals surface area contributed by atoms with Crippen LogP contribution in [-0.4, -0.2) is 54.4 Å². The number of hydrogen-bond donors (Lipinski definition) is 2. The third-order valence-corrected chi connectivity index (χ3v) is 4.20. The summed E-state index contributed by atoms with van der Waals surface area (Å²) in [6.45, 7) is 2.05. The van der Waals surface area contributed by atoms with Crippen LogP contribution in [0.4, 0.5) is 0 Å². The number of piperidine rings is 1. The topological polar surface area (TPSA) is 74.3 Å². The second-order valence-corrected chi connectivity index (χ2v) is 5.79. The standard InChI is InChI=1S/C14H19BrN4O2/c1-16-12(20)9-19-7-4-10(5-8-19)18-14(21)11-3-2-6-17-13(11)15/h2-3,6,10H,4-5,7-9H2,1H3,(H,16,20)(H,18,21). The minimum absolute atomic E-state index is 0.0248. The maximum atomic E-state index is 12.2. The fourth-order valence-corrected chi connectivity index (χ4v) is 2.77. The average Bonchev–Trinajstić information content (AvgIpc) is 2.49. The summed E-state index contributed by atoms with van der Waals surface area (Å²) in [4.78, 5) is 29.7. The van der Waals surface area contributed by atoms with Gasteiger partial charge in [0.25, 0.3) is 5.91 Å². The molecule has 0 atom stereocenters. The normalized spacial score (nSPS) is 16.5. The molecule has 7 heteroatoms. The predicted molar refractivity (Wildman–Crippen MR) is 82.9 cm³/mol. The highest BCUT2D eigenvalue weighted by Crippen LogP contribution is 2.15. The second-order valence-electron chi connectivity index (χ2n) is 5.04. The molecular weight excluding hydrogens is 336 g/mol. The van der Waals surface area contributed by atoms with E-state index >= 15 is 0 Å². The van der Waals surface area contributed by atoms with E-state index in [2.05, 4.69) is 36.4 Å². The van der Waals surface area contributed by atoms with Crippen LogP contribution in [0.2, 0.25) is 0 Å². The van der Waals surface area contributed by atoms with Gasteiger partial charge in [-0.3, -0.25) is 14.5 Å². The summed E-state index contributed by atoms with van der Waals surface area (Å²) in [5.41, 5.74) is 0.547. The lowest BCUT2D eigenvalue weighted by Crippen LogP contribution is -2.47. The molecule has 1 aliphatic rings. The average molecular weight is 355 g/mol. The molecule has 2 heterocycles. The van der Waals surface area contributed by atoms with Crippen molar-refractivity contribution in [1.82, 2.24) is 20.5 Å². The molecule has 0 spiro atoms. The van der Waals surface area contributed by atoms with Gasteiger partial charge in [-0.25, -0.2) is 4.98 Å². The largest absolute Gasteiger partial charge is 0.358 e. The number of rotatable bonds is 4. The van der Waals surface area contributed by atoms with Gasteiger partial charge in [-0.2, -0.15) is 0 Å². The quantitative estimate of drug-likeness (QED) is 0.783. The molecule has 1 fully saturated rings. The minimum Gasteiger partial charge on any atom is -0.358 e. The number of likely N-dealkylation sites (tertiary alicyclic amines) is 1. The molecule has 0 aromatic carbocycles. The van der Waals surface area contributed by atoms with Gasteiger partial charge in [0.1, 0.15) is 4.60 Å². The van der Waals surface area contributed by atoms with E-state index in [9.17, 15) is 9.59 Å². The van der Waals surface area contributed by atoms with E-state index in [1.165, 1.54) is 0 Å². The molecule has 1 aromatic heterocycles. The third-order valence-electron chi connectivity index (χ3n) is 3.57. The molecule has 0 radical (unpaired) electrons. The third kappa shape index (κ3) is 4.50. The van der Waals surface area contributed by atoms with Gasteiger partial charge >= 0.3 is 0 Å². The molecule has 2 N–H and O–H groups in total. The highest BCUT2D eigenvalue weighted by molar-refractivity contribution is 9.10. The zero-order valence-electron chi connectivity index (χ0n) is 11.9. The number of likely N-dealkylation sites (N-methyl/N-ethyl adjacent to an activating group) is 1. The van der Waals surface area contributed by atoms with Crippen molar-refractivity contribution in [2.45, 2.75) is 18.9 Å². The lowest BCUT2D eigenvalue weighted by Gasteiger charge is -2.31. The van der Waals surface area contributed by atoms with Crippen molar-refractivity contribution in [2.24, 2.45) is 0 Å². The van der Waals surface area contributed by atoms with Gasteiger partial charge in [0.05, 0.1) is 12.1 Å². The number of carbonyl (C=O) groups excluding carboxylic acids is 2. The van der Waals surface area contributed by atoms with Crippen molar-refractivity contribution in [3.8, 4) is 0 Å². The number of hydrogen-bond acceptors (Lipinski definition) is 4. The Morgan fingerprint density at radius 1 is 1.43 bits per heavy atom. The van der Waals surface area contributed by atoms with Crippen LogP contribution < -0.4 is 10.6 Å². The molecule has 1 aliphatic heterocycles. The van der Waals surface area contributed by atoms with Gasteiger partial charge in [-0.05, 0) is 40.9 Å². The van der Waals surface area contributed by atoms with E-state index in [-0.39, 0.29) is 17.9 Å². The van der Waals surface area contributed by atoms with E-state index in [0.717, 1.165) is 25.9 Å². The molecule has 6 nitrogen and oxygen atoms in total. The Labute approximate surface area is 132 Å². The number of nitrogens with one attached hydrogen (secondary N) is 2. The lowest BCUT2D eigenvalue weighted by atomic mass is 10.0. The summed E-state index contributed by atoms with van der Waals surface area (Å²) in [6.07, 6.45) is 3.33. The van der Waals surface area contributed by atoms with E-state index in [4.69, 9.17) is 0 Å². The summed E-state index contributed by atoms with van der Waals surface area (Å²) in [5, 5.41) is 5.65. The zero-order chi connectivity index (χ0) is 15.2. The summed E-state index contributed by atoms with van der Waals surface area (Å²) in [6, 6.07) is 3.63. The van der Waals surface area contributed by atoms with Gasteiger partial charge in [0.2, 0.25) is 5.91 Å². The Hall–Kier alpha value is -1.47. The SMILES string of the molecule is CNC(=O)CN1CCC(NC(=O)c2cccnc2Br)CC1. The molecule has 0 saturated carbocycles. The Balaban J connectivity index is 1.82. The smallest absolute Gasteiger partial charge is 0.254 e. The summed E-state index contributed by atoms with van der Waals surface area (Å²) >= 11 is 3.28. The van der Waals surface area contributed by atoms with Crippen molar-refractivity contribution in [3.63, 3.8) is 0 Å². The molecular formula is C14H19BrN4O2. The van der Waals surface area contributed by atoms with Gasteiger partial charge < -0.3 is 10.6 Å². The van der Waals surface area contributed by atoms with Crippen LogP contribution in [-0.2, 0) is 4.79 Å². The van der Waals surface area contributed by atoms with Crippen molar-refractivity contribution in [3.05, 3.63) is 28.5 Å². The molecule has 114 valence electrons. The molecule has 0 unspecified atom stereocenters. The molecule has 1 saturated heterocycles. The lowest BCUT2D eigenvalue weighted by molar-refractivity contribution is -0.122. The van der Waals surface area contributed by atoms with Gasteiger partial charge in [-0.1, -0.05) is 0 Å². The maximum absolute atomic E-state index is 12.2. The van der Waals surface area contributed by atoms with Gasteiger partial charge in [-0.15, -0.1) is 0 Å². The van der Waals surface area contributed by atoms with Crippen molar-refractivity contribution < 1.29 is 9.59 Å². The van der Waals surface area contributed by atoms with E-state index < -0.39 is 0 Å². The number of amides is 2. The van der Waals surface area contributed by atoms with Gasteiger partial charge in [0.15, 0.2) is 0 Å². The molecule has 0 bridgehead atoms. The van der Waals surface area contributed by atoms with Crippen molar-refractivity contribution >= 4 is 27.7 Å². The van der Waals surface area contributed by atoms with Crippen LogP contribution in [0.15, 0.2) is 22.9 Å². The Bertz CT molecular complexity index is 515. The Morgan fingerprint density at radius 3 is 2.76 bits per heavy atom. The second kappa shape index (κ2) is 7.51. The minimum atomic E-state index is -0.111. The first-order valence-electron chi connectivity index (χ1n) is 6.94. The molecule has 1 aromatic rings. The van der Waals surface area contributed by atoms with Crippen LogP contribution in [0.25, 0.3) is 0 Å². The van der Waals surface area contributed by atoms with E-state index in [1.807, 2.05) is 0 Å². The summed E-state index contributed by atoms with van der Waals surface area (Å²) in [5.74, 6) is -0.0866. The monoisotopic (exact) mass is 354 g/mol. The first kappa shape index (κ1) is 15.9. The van der Waals surface area contributed by atoms with Crippen LogP contribution in [0.3, 0.4) is 0 Å². The zero-order valence-corrected chi connectivity index (χ0v) is 13.5. The molecule has 2 amide bonds. The van der Waals surface area contributed by atoms with Crippen LogP contribution in [0, 0.1) is 0 Å². The number of aromatic nitrogens is 1. The number of nitrogens with zero attached hydrogens (tertiary/aromatic N) is 2. The maximum Gasteiger partial charge on any atom is 0.254 e. The van der Waals surface area contributed by atoms with E-state index in [1.54, 1.807) is 25.4 Å².